The highest BCUT2D eigenvalue weighted by Gasteiger charge is 2.30. The Labute approximate surface area is 154 Å². The second-order valence-corrected chi connectivity index (χ2v) is 5.86. The van der Waals surface area contributed by atoms with Crippen LogP contribution in [0, 0.1) is 0 Å². The molecule has 0 unspecified atom stereocenters. The van der Waals surface area contributed by atoms with Crippen LogP contribution in [0.1, 0.15) is 28.4 Å². The van der Waals surface area contributed by atoms with Gasteiger partial charge in [-0.2, -0.15) is 13.2 Å². The topological polar surface area (TPSA) is 54.9 Å². The van der Waals surface area contributed by atoms with Crippen LogP contribution in [0.3, 0.4) is 0 Å². The van der Waals surface area contributed by atoms with Crippen molar-refractivity contribution in [3.05, 3.63) is 77.6 Å². The summed E-state index contributed by atoms with van der Waals surface area (Å²) in [5.74, 6) is 0.0993. The molecule has 0 saturated heterocycles. The van der Waals surface area contributed by atoms with E-state index >= 15 is 0 Å². The summed E-state index contributed by atoms with van der Waals surface area (Å²) in [7, 11) is 0. The van der Waals surface area contributed by atoms with Gasteiger partial charge in [-0.3, -0.25) is 9.78 Å². The summed E-state index contributed by atoms with van der Waals surface area (Å²) in [4.78, 5) is 20.4. The normalized spacial score (nSPS) is 11.3. The number of hydrogen-bond donors (Lipinski definition) is 1. The zero-order valence-corrected chi connectivity index (χ0v) is 14.4. The Bertz CT molecular complexity index is 953. The van der Waals surface area contributed by atoms with E-state index in [1.165, 1.54) is 12.1 Å². The number of anilines is 1. The molecule has 0 radical (unpaired) electrons. The molecule has 2 aromatic heterocycles. The van der Waals surface area contributed by atoms with Crippen LogP contribution < -0.4 is 5.32 Å². The van der Waals surface area contributed by atoms with Crippen molar-refractivity contribution in [2.24, 2.45) is 0 Å². The largest absolute Gasteiger partial charge is 0.416 e. The molecular formula is C20H16F3N3O. The Morgan fingerprint density at radius 2 is 1.70 bits per heavy atom. The molecule has 1 amide bonds. The van der Waals surface area contributed by atoms with Crippen LogP contribution in [0.2, 0.25) is 0 Å². The van der Waals surface area contributed by atoms with E-state index in [4.69, 9.17) is 0 Å². The molecule has 0 aliphatic rings. The van der Waals surface area contributed by atoms with E-state index in [-0.39, 0.29) is 11.6 Å². The van der Waals surface area contributed by atoms with Gasteiger partial charge in [0.05, 0.1) is 11.3 Å². The van der Waals surface area contributed by atoms with Gasteiger partial charge in [0, 0.05) is 23.5 Å². The molecule has 0 fully saturated rings. The van der Waals surface area contributed by atoms with Gasteiger partial charge in [-0.15, -0.1) is 0 Å². The predicted molar refractivity (Wildman–Crippen MR) is 96.2 cm³/mol. The molecule has 2 heterocycles. The van der Waals surface area contributed by atoms with Crippen LogP contribution in [0.25, 0.3) is 11.3 Å². The van der Waals surface area contributed by atoms with Crippen LogP contribution in [0.15, 0.2) is 60.9 Å². The zero-order valence-electron chi connectivity index (χ0n) is 14.4. The van der Waals surface area contributed by atoms with Gasteiger partial charge in [-0.25, -0.2) is 4.98 Å². The Balaban J connectivity index is 1.78. The lowest BCUT2D eigenvalue weighted by Gasteiger charge is -2.09. The molecule has 27 heavy (non-hydrogen) atoms. The fraction of sp³-hybridized carbons (Fsp3) is 0.150. The van der Waals surface area contributed by atoms with Crippen molar-refractivity contribution in [1.82, 2.24) is 9.97 Å². The fourth-order valence-electron chi connectivity index (χ4n) is 2.51. The van der Waals surface area contributed by atoms with Gasteiger partial charge in [0.25, 0.3) is 5.91 Å². The van der Waals surface area contributed by atoms with Gasteiger partial charge in [0.1, 0.15) is 5.82 Å². The van der Waals surface area contributed by atoms with Gasteiger partial charge < -0.3 is 5.32 Å². The average Bonchev–Trinajstić information content (AvgIpc) is 2.67. The lowest BCUT2D eigenvalue weighted by molar-refractivity contribution is -0.137. The molecule has 0 bridgehead atoms. The molecule has 3 rings (SSSR count). The van der Waals surface area contributed by atoms with Crippen molar-refractivity contribution < 1.29 is 18.0 Å². The standard InChI is InChI=1S/C20H16F3N3O/c1-2-13-7-9-25-18(11-13)26-19(27)15-5-3-14(4-6-15)17-12-16(8-10-24-17)20(21,22)23/h3-12H,2H2,1H3,(H,25,26,27). The maximum Gasteiger partial charge on any atom is 0.416 e. The first-order valence-corrected chi connectivity index (χ1v) is 8.27. The van der Waals surface area contributed by atoms with Crippen molar-refractivity contribution in [3.8, 4) is 11.3 Å². The number of benzene rings is 1. The molecule has 1 N–H and O–H groups in total. The highest BCUT2D eigenvalue weighted by molar-refractivity contribution is 6.04. The summed E-state index contributed by atoms with van der Waals surface area (Å²) in [5, 5.41) is 2.71. The number of pyridine rings is 2. The van der Waals surface area contributed by atoms with E-state index < -0.39 is 11.7 Å². The Kier molecular flexibility index (Phi) is 5.21. The number of rotatable bonds is 4. The van der Waals surface area contributed by atoms with Crippen molar-refractivity contribution in [3.63, 3.8) is 0 Å². The second kappa shape index (κ2) is 7.57. The molecule has 0 atom stereocenters. The number of amides is 1. The molecule has 7 heteroatoms. The Morgan fingerprint density at radius 3 is 2.37 bits per heavy atom. The van der Waals surface area contributed by atoms with Crippen molar-refractivity contribution in [1.29, 1.82) is 0 Å². The number of nitrogens with zero attached hydrogens (tertiary/aromatic N) is 2. The molecule has 0 aliphatic heterocycles. The second-order valence-electron chi connectivity index (χ2n) is 5.86. The van der Waals surface area contributed by atoms with Gasteiger partial charge in [-0.05, 0) is 48.4 Å². The number of alkyl halides is 3. The van der Waals surface area contributed by atoms with E-state index in [0.29, 0.717) is 16.9 Å². The van der Waals surface area contributed by atoms with E-state index in [1.807, 2.05) is 13.0 Å². The quantitative estimate of drug-likeness (QED) is 0.704. The minimum absolute atomic E-state index is 0.189. The van der Waals surface area contributed by atoms with Gasteiger partial charge >= 0.3 is 6.18 Å². The summed E-state index contributed by atoms with van der Waals surface area (Å²) in [6, 6.07) is 11.8. The molecule has 0 aliphatic carbocycles. The summed E-state index contributed by atoms with van der Waals surface area (Å²) in [6.07, 6.45) is -0.871. The number of aromatic nitrogens is 2. The smallest absolute Gasteiger partial charge is 0.307 e. The third-order valence-electron chi connectivity index (χ3n) is 4.00. The fourth-order valence-corrected chi connectivity index (χ4v) is 2.51. The van der Waals surface area contributed by atoms with Crippen LogP contribution >= 0.6 is 0 Å². The highest BCUT2D eigenvalue weighted by Crippen LogP contribution is 2.31. The van der Waals surface area contributed by atoms with E-state index in [0.717, 1.165) is 30.3 Å². The number of aryl methyl sites for hydroxylation is 1. The minimum atomic E-state index is -4.43. The molecule has 4 nitrogen and oxygen atoms in total. The summed E-state index contributed by atoms with van der Waals surface area (Å²) < 4.78 is 38.5. The SMILES string of the molecule is CCc1ccnc(NC(=O)c2ccc(-c3cc(C(F)(F)F)ccn3)cc2)c1. The highest BCUT2D eigenvalue weighted by atomic mass is 19.4. The average molecular weight is 371 g/mol. The molecule has 138 valence electrons. The van der Waals surface area contributed by atoms with Crippen molar-refractivity contribution in [2.45, 2.75) is 19.5 Å². The molecule has 3 aromatic rings. The van der Waals surface area contributed by atoms with Gasteiger partial charge in [0.2, 0.25) is 0 Å². The predicted octanol–water partition coefficient (Wildman–Crippen LogP) is 4.98. The Hall–Kier alpha value is -3.22. The van der Waals surface area contributed by atoms with Crippen LogP contribution in [-0.4, -0.2) is 15.9 Å². The summed E-state index contributed by atoms with van der Waals surface area (Å²) in [5.41, 5.74) is 1.33. The number of carbonyl (C=O) groups is 1. The van der Waals surface area contributed by atoms with Crippen LogP contribution in [0.5, 0.6) is 0 Å². The summed E-state index contributed by atoms with van der Waals surface area (Å²) in [6.45, 7) is 2.00. The van der Waals surface area contributed by atoms with Crippen molar-refractivity contribution in [2.75, 3.05) is 5.32 Å². The number of carbonyl (C=O) groups excluding carboxylic acids is 1. The maximum absolute atomic E-state index is 12.8. The first-order valence-electron chi connectivity index (χ1n) is 8.27. The zero-order chi connectivity index (χ0) is 19.4. The summed E-state index contributed by atoms with van der Waals surface area (Å²) >= 11 is 0. The lowest BCUT2D eigenvalue weighted by Crippen LogP contribution is -2.13. The molecule has 1 aromatic carbocycles. The minimum Gasteiger partial charge on any atom is -0.307 e. The van der Waals surface area contributed by atoms with Crippen LogP contribution in [0.4, 0.5) is 19.0 Å². The number of nitrogens with one attached hydrogen (secondary N) is 1. The monoisotopic (exact) mass is 371 g/mol. The third-order valence-corrected chi connectivity index (χ3v) is 4.00. The number of hydrogen-bond acceptors (Lipinski definition) is 3. The van der Waals surface area contributed by atoms with E-state index in [9.17, 15) is 18.0 Å². The third kappa shape index (κ3) is 4.49. The molecular weight excluding hydrogens is 355 g/mol. The van der Waals surface area contributed by atoms with Crippen molar-refractivity contribution >= 4 is 11.7 Å². The van der Waals surface area contributed by atoms with E-state index in [2.05, 4.69) is 15.3 Å². The van der Waals surface area contributed by atoms with Crippen LogP contribution in [-0.2, 0) is 12.6 Å². The molecule has 0 saturated carbocycles. The lowest BCUT2D eigenvalue weighted by atomic mass is 10.1. The first kappa shape index (κ1) is 18.6. The van der Waals surface area contributed by atoms with Gasteiger partial charge in [0.15, 0.2) is 0 Å². The number of halogens is 3. The first-order chi connectivity index (χ1) is 12.9. The molecule has 0 spiro atoms. The maximum atomic E-state index is 12.8. The van der Waals surface area contributed by atoms with E-state index in [1.54, 1.807) is 24.4 Å². The van der Waals surface area contributed by atoms with Gasteiger partial charge in [-0.1, -0.05) is 19.1 Å². The Morgan fingerprint density at radius 1 is 1.00 bits per heavy atom.